The van der Waals surface area contributed by atoms with Gasteiger partial charge in [0.15, 0.2) is 0 Å². The maximum atomic E-state index is 11.3. The zero-order valence-corrected chi connectivity index (χ0v) is 58.1. The van der Waals surface area contributed by atoms with Gasteiger partial charge in [-0.15, -0.1) is 0 Å². The molecule has 0 aliphatic rings. The monoisotopic (exact) mass is 1250 g/mol. The Bertz CT molecular complexity index is 2050. The zero-order chi connectivity index (χ0) is 61.5. The van der Waals surface area contributed by atoms with E-state index in [4.69, 9.17) is 0 Å². The molecular weight excluding hydrogens is 1130 g/mol. The van der Waals surface area contributed by atoms with Crippen LogP contribution in [0.15, 0.2) is 87.5 Å². The molecule has 0 aliphatic heterocycles. The van der Waals surface area contributed by atoms with Gasteiger partial charge in [-0.05, 0) is 73.4 Å². The first-order chi connectivity index (χ1) is 40.7. The van der Waals surface area contributed by atoms with Crippen LogP contribution in [-0.4, -0.2) is 56.3 Å². The predicted molar refractivity (Wildman–Crippen MR) is 359 cm³/mol. The largest absolute Gasteiger partial charge is 3.00 e. The second-order valence-corrected chi connectivity index (χ2v) is 28.4. The Hall–Kier alpha value is -2.08. The van der Waals surface area contributed by atoms with Gasteiger partial charge >= 0.3 is 17.4 Å². The Morgan fingerprint density at radius 1 is 0.224 bits per heavy atom. The van der Waals surface area contributed by atoms with Crippen LogP contribution in [0.5, 0.6) is 0 Å². The average molecular weight is 1260 g/mol. The number of rotatable bonds is 54. The Labute approximate surface area is 535 Å². The minimum absolute atomic E-state index is 0. The molecule has 0 radical (unpaired) electrons. The molecule has 0 bridgehead atoms. The zero-order valence-electron chi connectivity index (χ0n) is 54.5. The van der Waals surface area contributed by atoms with Gasteiger partial charge in [0.05, 0.1) is 14.7 Å². The maximum absolute atomic E-state index is 11.3. The predicted octanol–water partition coefficient (Wildman–Crippen LogP) is 21.8. The normalized spacial score (nSPS) is 11.6. The van der Waals surface area contributed by atoms with Crippen molar-refractivity contribution in [3.05, 3.63) is 89.5 Å². The van der Waals surface area contributed by atoms with Gasteiger partial charge in [-0.2, -0.15) is 0 Å². The molecule has 0 fully saturated rings. The van der Waals surface area contributed by atoms with E-state index in [1.165, 1.54) is 288 Å². The molecule has 85 heavy (non-hydrogen) atoms. The Balaban J connectivity index is 0.00000124. The summed E-state index contributed by atoms with van der Waals surface area (Å²) in [6.45, 7) is 6.81. The van der Waals surface area contributed by atoms with E-state index in [9.17, 15) is 38.9 Å². The summed E-state index contributed by atoms with van der Waals surface area (Å²) in [5.74, 6) is 0. The van der Waals surface area contributed by atoms with Crippen molar-refractivity contribution in [3.8, 4) is 0 Å². The van der Waals surface area contributed by atoms with Crippen LogP contribution in [0.25, 0.3) is 0 Å². The third-order valence-corrected chi connectivity index (χ3v) is 19.4. The third kappa shape index (κ3) is 49.4. The van der Waals surface area contributed by atoms with Crippen molar-refractivity contribution in [2.24, 2.45) is 0 Å². The third-order valence-electron chi connectivity index (χ3n) is 16.6. The van der Waals surface area contributed by atoms with E-state index in [1.54, 1.807) is 54.6 Å². The van der Waals surface area contributed by atoms with E-state index in [2.05, 4.69) is 20.8 Å². The molecule has 3 aromatic rings. The second kappa shape index (κ2) is 57.1. The van der Waals surface area contributed by atoms with Gasteiger partial charge in [-0.25, -0.2) is 25.3 Å². The molecule has 9 nitrogen and oxygen atoms in total. The molecule has 0 spiro atoms. The van der Waals surface area contributed by atoms with Crippen molar-refractivity contribution in [2.45, 2.75) is 363 Å². The molecule has 0 saturated carbocycles. The summed E-state index contributed by atoms with van der Waals surface area (Å²) < 4.78 is 101. The molecule has 486 valence electrons. The maximum Gasteiger partial charge on any atom is 3.00 e. The Morgan fingerprint density at radius 3 is 0.494 bits per heavy atom. The van der Waals surface area contributed by atoms with Gasteiger partial charge in [0, 0.05) is 0 Å². The average Bonchev–Trinajstić information content (AvgIpc) is 3.64. The Kier molecular flexibility index (Phi) is 55.7. The van der Waals surface area contributed by atoms with Crippen molar-refractivity contribution in [1.29, 1.82) is 0 Å². The summed E-state index contributed by atoms with van der Waals surface area (Å²) in [4.78, 5) is -0.136. The van der Waals surface area contributed by atoms with Gasteiger partial charge in [-0.1, -0.05) is 364 Å². The second-order valence-electron chi connectivity index (χ2n) is 24.3. The summed E-state index contributed by atoms with van der Waals surface area (Å²) in [6.07, 6.45) is 65.4. The fourth-order valence-corrected chi connectivity index (χ4v) is 13.7. The topological polar surface area (TPSA) is 172 Å². The van der Waals surface area contributed by atoms with Gasteiger partial charge in [0.25, 0.3) is 0 Å². The van der Waals surface area contributed by atoms with Gasteiger partial charge < -0.3 is 13.7 Å². The van der Waals surface area contributed by atoms with E-state index < -0.39 is 30.4 Å². The molecule has 13 heteroatoms. The molecule has 0 aliphatic carbocycles. The molecule has 0 unspecified atom stereocenters. The van der Waals surface area contributed by atoms with Gasteiger partial charge in [0.1, 0.15) is 30.4 Å². The summed E-state index contributed by atoms with van der Waals surface area (Å²) in [5, 5.41) is 0. The van der Waals surface area contributed by atoms with Crippen molar-refractivity contribution < 1.29 is 38.9 Å². The minimum Gasteiger partial charge on any atom is -0.744 e. The molecule has 0 aromatic heterocycles. The summed E-state index contributed by atoms with van der Waals surface area (Å²) >= 11 is 0. The first kappa shape index (κ1) is 82.9. The number of benzene rings is 3. The quantitative estimate of drug-likeness (QED) is 0.0303. The van der Waals surface area contributed by atoms with Crippen molar-refractivity contribution in [3.63, 3.8) is 0 Å². The van der Waals surface area contributed by atoms with E-state index in [-0.39, 0.29) is 32.0 Å². The smallest absolute Gasteiger partial charge is 0.744 e. The fourth-order valence-electron chi connectivity index (χ4n) is 11.5. The first-order valence-electron chi connectivity index (χ1n) is 34.8. The minimum atomic E-state index is -4.36. The van der Waals surface area contributed by atoms with E-state index in [0.29, 0.717) is 36.0 Å². The number of aryl methyl sites for hydroxylation is 3. The van der Waals surface area contributed by atoms with Crippen LogP contribution in [0, 0.1) is 0 Å². The summed E-state index contributed by atoms with van der Waals surface area (Å²) in [7, 11) is -13.1. The van der Waals surface area contributed by atoms with Crippen LogP contribution in [0.1, 0.15) is 346 Å². The van der Waals surface area contributed by atoms with Crippen LogP contribution in [0.3, 0.4) is 0 Å². The molecule has 3 aromatic carbocycles. The van der Waals surface area contributed by atoms with E-state index in [0.717, 1.165) is 38.5 Å². The molecular formula is C72H123AlO9S3. The van der Waals surface area contributed by atoms with Crippen LogP contribution in [0.2, 0.25) is 0 Å². The molecule has 0 saturated heterocycles. The van der Waals surface area contributed by atoms with Gasteiger partial charge in [0.2, 0.25) is 0 Å². The van der Waals surface area contributed by atoms with Crippen LogP contribution in [0.4, 0.5) is 0 Å². The SMILES string of the molecule is CCCCCCCCCCCCCCCCCCc1ccccc1S(=O)(=O)[O-].CCCCCCCCCCCCCCCCCCc1ccccc1S(=O)(=O)[O-].CCCCCCCCCCCCCCCCCCc1ccccc1S(=O)(=O)[O-].[Al+3]. The fraction of sp³-hybridized carbons (Fsp3) is 0.750. The van der Waals surface area contributed by atoms with E-state index >= 15 is 0 Å². The van der Waals surface area contributed by atoms with Crippen LogP contribution < -0.4 is 0 Å². The number of hydrogen-bond acceptors (Lipinski definition) is 9. The molecule has 0 N–H and O–H groups in total. The molecule has 0 heterocycles. The summed E-state index contributed by atoms with van der Waals surface area (Å²) in [6, 6.07) is 19.8. The van der Waals surface area contributed by atoms with Crippen LogP contribution >= 0.6 is 0 Å². The number of unbranched alkanes of at least 4 members (excludes halogenated alkanes) is 45. The Morgan fingerprint density at radius 2 is 0.353 bits per heavy atom. The van der Waals surface area contributed by atoms with Crippen molar-refractivity contribution in [2.75, 3.05) is 0 Å². The molecule has 3 rings (SSSR count). The van der Waals surface area contributed by atoms with Crippen molar-refractivity contribution in [1.82, 2.24) is 0 Å². The summed E-state index contributed by atoms with van der Waals surface area (Å²) in [5.41, 5.74) is 2.01. The van der Waals surface area contributed by atoms with E-state index in [1.807, 2.05) is 0 Å². The standard InChI is InChI=1S/3C24H42O3S.Al/c3*1-2-3-4-5-6-7-8-9-10-11-12-13-14-15-16-17-20-23-21-18-19-22-24(23)28(25,26)27;/h3*18-19,21-22H,2-17,20H2,1H3,(H,25,26,27);/q;;;+3/p-3. The number of hydrogen-bond donors (Lipinski definition) is 0. The molecule has 0 amide bonds. The first-order valence-corrected chi connectivity index (χ1v) is 39.0. The van der Waals surface area contributed by atoms with Gasteiger partial charge in [-0.3, -0.25) is 0 Å². The van der Waals surface area contributed by atoms with Crippen LogP contribution in [-0.2, 0) is 49.6 Å². The molecule has 0 atom stereocenters. The van der Waals surface area contributed by atoms with Crippen molar-refractivity contribution >= 4 is 47.7 Å².